The van der Waals surface area contributed by atoms with E-state index in [1.54, 1.807) is 29.4 Å². The Morgan fingerprint density at radius 2 is 2.00 bits per heavy atom. The van der Waals surface area contributed by atoms with Gasteiger partial charge in [0.05, 0.1) is 4.90 Å². The van der Waals surface area contributed by atoms with E-state index in [-0.39, 0.29) is 0 Å². The van der Waals surface area contributed by atoms with Crippen molar-refractivity contribution in [1.29, 1.82) is 0 Å². The van der Waals surface area contributed by atoms with E-state index in [4.69, 9.17) is 11.6 Å². The van der Waals surface area contributed by atoms with E-state index in [0.29, 0.717) is 28.9 Å². The highest BCUT2D eigenvalue weighted by atomic mass is 35.5. The molecule has 1 aromatic carbocycles. The molecule has 1 aliphatic rings. The standard InChI is InChI=1S/C18H24ClN3O2S/c1-3-18-20-8-11-21(18)13-15-6-9-22(10-7-15)25(23,24)17-12-16(19)5-4-14(17)2/h4-5,8,11-12,15H,3,6-7,9-10,13H2,1-2H3. The molecule has 136 valence electrons. The minimum Gasteiger partial charge on any atom is -0.335 e. The molecule has 2 aromatic rings. The lowest BCUT2D eigenvalue weighted by molar-refractivity contribution is 0.251. The monoisotopic (exact) mass is 381 g/mol. The van der Waals surface area contributed by atoms with Crippen molar-refractivity contribution in [1.82, 2.24) is 13.9 Å². The second-order valence-electron chi connectivity index (χ2n) is 6.61. The van der Waals surface area contributed by atoms with E-state index >= 15 is 0 Å². The van der Waals surface area contributed by atoms with Gasteiger partial charge in [0, 0.05) is 43.5 Å². The maximum Gasteiger partial charge on any atom is 0.243 e. The molecule has 25 heavy (non-hydrogen) atoms. The molecule has 0 unspecified atom stereocenters. The van der Waals surface area contributed by atoms with Gasteiger partial charge in [-0.25, -0.2) is 13.4 Å². The van der Waals surface area contributed by atoms with Gasteiger partial charge in [-0.2, -0.15) is 4.31 Å². The molecule has 1 fully saturated rings. The molecule has 0 atom stereocenters. The van der Waals surface area contributed by atoms with Crippen molar-refractivity contribution in [3.05, 3.63) is 47.0 Å². The number of aromatic nitrogens is 2. The lowest BCUT2D eigenvalue weighted by Gasteiger charge is -2.32. The number of nitrogens with zero attached hydrogens (tertiary/aromatic N) is 3. The summed E-state index contributed by atoms with van der Waals surface area (Å²) in [7, 11) is -3.48. The summed E-state index contributed by atoms with van der Waals surface area (Å²) in [6.45, 7) is 5.92. The van der Waals surface area contributed by atoms with Crippen molar-refractivity contribution in [2.75, 3.05) is 13.1 Å². The third kappa shape index (κ3) is 3.91. The molecule has 2 heterocycles. The molecule has 0 aliphatic carbocycles. The fraction of sp³-hybridized carbons (Fsp3) is 0.500. The first-order chi connectivity index (χ1) is 11.9. The molecule has 0 radical (unpaired) electrons. The summed E-state index contributed by atoms with van der Waals surface area (Å²) >= 11 is 6.00. The highest BCUT2D eigenvalue weighted by Gasteiger charge is 2.30. The lowest BCUT2D eigenvalue weighted by atomic mass is 9.98. The number of hydrogen-bond donors (Lipinski definition) is 0. The predicted octanol–water partition coefficient (Wildman–Crippen LogP) is 3.51. The first-order valence-electron chi connectivity index (χ1n) is 8.68. The average Bonchev–Trinajstić information content (AvgIpc) is 3.04. The highest BCUT2D eigenvalue weighted by molar-refractivity contribution is 7.89. The van der Waals surface area contributed by atoms with Crippen molar-refractivity contribution in [3.63, 3.8) is 0 Å². The SMILES string of the molecule is CCc1nccn1CC1CCN(S(=O)(=O)c2cc(Cl)ccc2C)CC1. The molecule has 0 bridgehead atoms. The van der Waals surface area contributed by atoms with Gasteiger partial charge in [-0.05, 0) is 43.4 Å². The number of imidazole rings is 1. The number of rotatable bonds is 5. The van der Waals surface area contributed by atoms with E-state index in [1.165, 1.54) is 0 Å². The Hall–Kier alpha value is -1.37. The molecule has 1 aromatic heterocycles. The van der Waals surface area contributed by atoms with Gasteiger partial charge in [0.15, 0.2) is 0 Å². The average molecular weight is 382 g/mol. The van der Waals surface area contributed by atoms with Crippen LogP contribution in [0.5, 0.6) is 0 Å². The largest absolute Gasteiger partial charge is 0.335 e. The Bertz CT molecular complexity index is 840. The van der Waals surface area contributed by atoms with Crippen LogP contribution in [-0.4, -0.2) is 35.4 Å². The van der Waals surface area contributed by atoms with E-state index in [2.05, 4.69) is 16.5 Å². The van der Waals surface area contributed by atoms with Crippen LogP contribution in [-0.2, 0) is 23.0 Å². The van der Waals surface area contributed by atoms with Crippen LogP contribution < -0.4 is 0 Å². The summed E-state index contributed by atoms with van der Waals surface area (Å²) in [5.41, 5.74) is 0.734. The Kier molecular flexibility index (Phi) is 5.51. The Morgan fingerprint density at radius 1 is 1.28 bits per heavy atom. The smallest absolute Gasteiger partial charge is 0.243 e. The van der Waals surface area contributed by atoms with Gasteiger partial charge >= 0.3 is 0 Å². The number of benzene rings is 1. The Morgan fingerprint density at radius 3 is 2.68 bits per heavy atom. The summed E-state index contributed by atoms with van der Waals surface area (Å²) < 4.78 is 29.7. The van der Waals surface area contributed by atoms with Crippen LogP contribution in [0.2, 0.25) is 5.02 Å². The second-order valence-corrected chi connectivity index (χ2v) is 8.95. The molecular weight excluding hydrogens is 358 g/mol. The molecule has 0 amide bonds. The number of halogens is 1. The lowest BCUT2D eigenvalue weighted by Crippen LogP contribution is -2.39. The van der Waals surface area contributed by atoms with Crippen LogP contribution in [0.4, 0.5) is 0 Å². The molecule has 0 N–H and O–H groups in total. The molecule has 5 nitrogen and oxygen atoms in total. The van der Waals surface area contributed by atoms with Crippen molar-refractivity contribution >= 4 is 21.6 Å². The van der Waals surface area contributed by atoms with Gasteiger partial charge < -0.3 is 4.57 Å². The topological polar surface area (TPSA) is 55.2 Å². The van der Waals surface area contributed by atoms with E-state index < -0.39 is 10.0 Å². The summed E-state index contributed by atoms with van der Waals surface area (Å²) in [4.78, 5) is 4.68. The molecule has 3 rings (SSSR count). The zero-order chi connectivity index (χ0) is 18.0. The second kappa shape index (κ2) is 7.48. The van der Waals surface area contributed by atoms with Crippen molar-refractivity contribution in [3.8, 4) is 0 Å². The number of hydrogen-bond acceptors (Lipinski definition) is 3. The first kappa shape index (κ1) is 18.4. The van der Waals surface area contributed by atoms with Gasteiger partial charge in [-0.1, -0.05) is 24.6 Å². The molecular formula is C18H24ClN3O2S. The van der Waals surface area contributed by atoms with Crippen LogP contribution in [0.1, 0.15) is 31.2 Å². The van der Waals surface area contributed by atoms with Crippen LogP contribution in [0.25, 0.3) is 0 Å². The predicted molar refractivity (Wildman–Crippen MR) is 99.3 cm³/mol. The fourth-order valence-corrected chi connectivity index (χ4v) is 5.38. The molecule has 0 saturated carbocycles. The molecule has 1 saturated heterocycles. The Labute approximate surface area is 154 Å². The number of sulfonamides is 1. The summed E-state index contributed by atoms with van der Waals surface area (Å²) in [6.07, 6.45) is 6.48. The van der Waals surface area contributed by atoms with Gasteiger partial charge in [-0.15, -0.1) is 0 Å². The fourth-order valence-electron chi connectivity index (χ4n) is 3.42. The molecule has 1 aliphatic heterocycles. The normalized spacial score (nSPS) is 17.1. The quantitative estimate of drug-likeness (QED) is 0.796. The summed E-state index contributed by atoms with van der Waals surface area (Å²) in [6, 6.07) is 5.03. The van der Waals surface area contributed by atoms with Gasteiger partial charge in [0.2, 0.25) is 10.0 Å². The van der Waals surface area contributed by atoms with Crippen molar-refractivity contribution in [2.45, 2.75) is 44.6 Å². The van der Waals surface area contributed by atoms with E-state index in [0.717, 1.165) is 37.2 Å². The summed E-state index contributed by atoms with van der Waals surface area (Å²) in [5.74, 6) is 1.57. The minimum atomic E-state index is -3.48. The zero-order valence-corrected chi connectivity index (χ0v) is 16.2. The highest BCUT2D eigenvalue weighted by Crippen LogP contribution is 2.28. The zero-order valence-electron chi connectivity index (χ0n) is 14.7. The number of aryl methyl sites for hydroxylation is 2. The summed E-state index contributed by atoms with van der Waals surface area (Å²) in [5, 5.41) is 0.450. The van der Waals surface area contributed by atoms with Crippen LogP contribution in [0.15, 0.2) is 35.5 Å². The maximum atomic E-state index is 12.9. The third-order valence-corrected chi connectivity index (χ3v) is 7.19. The minimum absolute atomic E-state index is 0.321. The first-order valence-corrected chi connectivity index (χ1v) is 10.5. The van der Waals surface area contributed by atoms with Crippen LogP contribution in [0.3, 0.4) is 0 Å². The number of piperidine rings is 1. The van der Waals surface area contributed by atoms with E-state index in [1.807, 2.05) is 12.4 Å². The van der Waals surface area contributed by atoms with Crippen molar-refractivity contribution < 1.29 is 8.42 Å². The van der Waals surface area contributed by atoms with E-state index in [9.17, 15) is 8.42 Å². The molecule has 7 heteroatoms. The third-order valence-electron chi connectivity index (χ3n) is 4.91. The molecule has 0 spiro atoms. The van der Waals surface area contributed by atoms with Crippen molar-refractivity contribution in [2.24, 2.45) is 5.92 Å². The van der Waals surface area contributed by atoms with Crippen LogP contribution >= 0.6 is 11.6 Å². The van der Waals surface area contributed by atoms with Gasteiger partial charge in [-0.3, -0.25) is 0 Å². The van der Waals surface area contributed by atoms with Crippen LogP contribution in [0, 0.1) is 12.8 Å². The van der Waals surface area contributed by atoms with Gasteiger partial charge in [0.25, 0.3) is 0 Å². The van der Waals surface area contributed by atoms with Gasteiger partial charge in [0.1, 0.15) is 5.82 Å². The Balaban J connectivity index is 1.68. The maximum absolute atomic E-state index is 12.9.